The predicted octanol–water partition coefficient (Wildman–Crippen LogP) is -0.0672. The van der Waals surface area contributed by atoms with Crippen LogP contribution in [0.2, 0.25) is 0 Å². The van der Waals surface area contributed by atoms with E-state index in [0.717, 1.165) is 0 Å². The predicted molar refractivity (Wildman–Crippen MR) is 82.7 cm³/mol. The van der Waals surface area contributed by atoms with Crippen LogP contribution >= 0.6 is 0 Å². The number of H-pyrrole nitrogens is 1. The van der Waals surface area contributed by atoms with Crippen molar-refractivity contribution < 1.29 is 0 Å². The molecule has 0 atom stereocenters. The van der Waals surface area contributed by atoms with Crippen LogP contribution in [-0.2, 0) is 13.1 Å². The Hall–Kier alpha value is -2.09. The van der Waals surface area contributed by atoms with Crippen molar-refractivity contribution in [3.8, 4) is 0 Å². The average Bonchev–Trinajstić information content (AvgIpc) is 2.79. The maximum Gasteiger partial charge on any atom is 0.330 e. The van der Waals surface area contributed by atoms with E-state index in [1.807, 2.05) is 20.8 Å². The van der Waals surface area contributed by atoms with Crippen LogP contribution in [-0.4, -0.2) is 32.2 Å². The van der Waals surface area contributed by atoms with Crippen molar-refractivity contribution in [2.75, 3.05) is 18.4 Å². The molecule has 0 aliphatic heterocycles. The minimum absolute atomic E-state index is 0.268. The molecule has 0 spiro atoms. The summed E-state index contributed by atoms with van der Waals surface area (Å²) in [7, 11) is 0. The van der Waals surface area contributed by atoms with E-state index in [1.54, 1.807) is 4.57 Å². The number of anilines is 1. The molecular weight excluding hydrogens is 272 g/mol. The normalized spacial score (nSPS) is 11.5. The second-order valence-corrected chi connectivity index (χ2v) is 5.33. The molecular formula is C13H22N6O2. The van der Waals surface area contributed by atoms with Crippen molar-refractivity contribution in [1.82, 2.24) is 19.1 Å². The molecule has 0 amide bonds. The molecule has 2 aromatic rings. The van der Waals surface area contributed by atoms with Gasteiger partial charge in [-0.05, 0) is 12.8 Å². The van der Waals surface area contributed by atoms with E-state index in [0.29, 0.717) is 43.3 Å². The van der Waals surface area contributed by atoms with Crippen LogP contribution in [0, 0.1) is 5.92 Å². The zero-order chi connectivity index (χ0) is 15.6. The second-order valence-electron chi connectivity index (χ2n) is 5.33. The summed E-state index contributed by atoms with van der Waals surface area (Å²) in [4.78, 5) is 31.0. The van der Waals surface area contributed by atoms with Gasteiger partial charge in [0.15, 0.2) is 11.2 Å². The van der Waals surface area contributed by atoms with Crippen LogP contribution in [0.15, 0.2) is 9.59 Å². The molecule has 0 saturated heterocycles. The number of fused-ring (bicyclic) bond motifs is 1. The topological polar surface area (TPSA) is 111 Å². The standard InChI is InChI=1S/C13H22N6O2/c1-4-18-9-10(16-12(18)15-6-5-14)19(7-8(2)3)13(21)17-11(9)20/h8H,4-7,14H2,1-3H3,(H,15,16)(H,17,20,21). The second kappa shape index (κ2) is 6.13. The SMILES string of the molecule is CCn1c(NCCN)nc2c1c(=O)[nH]c(=O)n2CC(C)C. The number of hydrogen-bond acceptors (Lipinski definition) is 5. The maximum atomic E-state index is 12.1. The van der Waals surface area contributed by atoms with Gasteiger partial charge in [0, 0.05) is 26.2 Å². The van der Waals surface area contributed by atoms with Gasteiger partial charge >= 0.3 is 5.69 Å². The van der Waals surface area contributed by atoms with Gasteiger partial charge in [-0.3, -0.25) is 14.3 Å². The largest absolute Gasteiger partial charge is 0.354 e. The first kappa shape index (κ1) is 15.3. The zero-order valence-electron chi connectivity index (χ0n) is 12.6. The average molecular weight is 294 g/mol. The van der Waals surface area contributed by atoms with Gasteiger partial charge in [0.1, 0.15) is 0 Å². The van der Waals surface area contributed by atoms with Crippen LogP contribution in [0.5, 0.6) is 0 Å². The van der Waals surface area contributed by atoms with E-state index < -0.39 is 11.2 Å². The van der Waals surface area contributed by atoms with Crippen LogP contribution in [0.4, 0.5) is 5.95 Å². The highest BCUT2D eigenvalue weighted by Gasteiger charge is 2.17. The quantitative estimate of drug-likeness (QED) is 0.691. The number of aryl methyl sites for hydroxylation is 1. The lowest BCUT2D eigenvalue weighted by Gasteiger charge is -2.09. The Kier molecular flexibility index (Phi) is 4.46. The Labute approximate surface area is 122 Å². The van der Waals surface area contributed by atoms with Gasteiger partial charge in [0.05, 0.1) is 0 Å². The van der Waals surface area contributed by atoms with Crippen LogP contribution in [0.1, 0.15) is 20.8 Å². The van der Waals surface area contributed by atoms with E-state index in [2.05, 4.69) is 15.3 Å². The van der Waals surface area contributed by atoms with E-state index in [9.17, 15) is 9.59 Å². The number of rotatable bonds is 6. The summed E-state index contributed by atoms with van der Waals surface area (Å²) in [6.07, 6.45) is 0. The molecule has 2 aromatic heterocycles. The Bertz CT molecular complexity index is 739. The number of nitrogens with two attached hydrogens (primary N) is 1. The zero-order valence-corrected chi connectivity index (χ0v) is 12.6. The third-order valence-corrected chi connectivity index (χ3v) is 3.18. The molecule has 0 aliphatic rings. The fraction of sp³-hybridized carbons (Fsp3) is 0.615. The fourth-order valence-electron chi connectivity index (χ4n) is 2.33. The molecule has 4 N–H and O–H groups in total. The van der Waals surface area contributed by atoms with Crippen molar-refractivity contribution >= 4 is 17.1 Å². The molecule has 0 aromatic carbocycles. The monoisotopic (exact) mass is 294 g/mol. The minimum atomic E-state index is -0.424. The van der Waals surface area contributed by atoms with Gasteiger partial charge in [0.2, 0.25) is 5.95 Å². The molecule has 2 rings (SSSR count). The fourth-order valence-corrected chi connectivity index (χ4v) is 2.33. The summed E-state index contributed by atoms with van der Waals surface area (Å²) in [5, 5.41) is 3.09. The summed E-state index contributed by atoms with van der Waals surface area (Å²) in [6.45, 7) is 8.03. The molecule has 0 radical (unpaired) electrons. The van der Waals surface area contributed by atoms with Crippen molar-refractivity contribution in [3.63, 3.8) is 0 Å². The lowest BCUT2D eigenvalue weighted by atomic mass is 10.2. The highest BCUT2D eigenvalue weighted by Crippen LogP contribution is 2.16. The van der Waals surface area contributed by atoms with Crippen LogP contribution in [0.3, 0.4) is 0 Å². The van der Waals surface area contributed by atoms with E-state index in [1.165, 1.54) is 4.57 Å². The summed E-state index contributed by atoms with van der Waals surface area (Å²) in [6, 6.07) is 0. The Morgan fingerprint density at radius 1 is 1.33 bits per heavy atom. The highest BCUT2D eigenvalue weighted by atomic mass is 16.2. The molecule has 116 valence electrons. The number of aromatic nitrogens is 4. The number of hydrogen-bond donors (Lipinski definition) is 3. The number of nitrogens with one attached hydrogen (secondary N) is 2. The lowest BCUT2D eigenvalue weighted by Crippen LogP contribution is -2.32. The van der Waals surface area contributed by atoms with E-state index in [4.69, 9.17) is 5.73 Å². The molecule has 2 heterocycles. The summed E-state index contributed by atoms with van der Waals surface area (Å²) >= 11 is 0. The van der Waals surface area contributed by atoms with Crippen LogP contribution < -0.4 is 22.3 Å². The molecule has 0 unspecified atom stereocenters. The maximum absolute atomic E-state index is 12.1. The van der Waals surface area contributed by atoms with Crippen LogP contribution in [0.25, 0.3) is 11.2 Å². The molecule has 0 fully saturated rings. The molecule has 8 nitrogen and oxygen atoms in total. The van der Waals surface area contributed by atoms with Gasteiger partial charge in [-0.2, -0.15) is 4.98 Å². The molecule has 0 bridgehead atoms. The first-order valence-corrected chi connectivity index (χ1v) is 7.16. The third kappa shape index (κ3) is 2.85. The van der Waals surface area contributed by atoms with Gasteiger partial charge in [-0.25, -0.2) is 4.79 Å². The number of nitrogens with zero attached hydrogens (tertiary/aromatic N) is 3. The summed E-state index contributed by atoms with van der Waals surface area (Å²) in [5.74, 6) is 0.829. The highest BCUT2D eigenvalue weighted by molar-refractivity contribution is 5.74. The van der Waals surface area contributed by atoms with Gasteiger partial charge in [-0.15, -0.1) is 0 Å². The number of aromatic amines is 1. The minimum Gasteiger partial charge on any atom is -0.354 e. The first-order valence-electron chi connectivity index (χ1n) is 7.16. The lowest BCUT2D eigenvalue weighted by molar-refractivity contribution is 0.513. The molecule has 21 heavy (non-hydrogen) atoms. The van der Waals surface area contributed by atoms with Gasteiger partial charge < -0.3 is 15.6 Å². The number of imidazole rings is 1. The van der Waals surface area contributed by atoms with E-state index in [-0.39, 0.29) is 5.92 Å². The van der Waals surface area contributed by atoms with Crippen molar-refractivity contribution in [2.45, 2.75) is 33.9 Å². The van der Waals surface area contributed by atoms with Gasteiger partial charge in [0.25, 0.3) is 5.56 Å². The van der Waals surface area contributed by atoms with Crippen molar-refractivity contribution in [2.24, 2.45) is 11.7 Å². The first-order chi connectivity index (χ1) is 9.99. The Morgan fingerprint density at radius 2 is 2.05 bits per heavy atom. The smallest absolute Gasteiger partial charge is 0.330 e. The Balaban J connectivity index is 2.73. The summed E-state index contributed by atoms with van der Waals surface area (Å²) in [5.41, 5.74) is 5.48. The van der Waals surface area contributed by atoms with Gasteiger partial charge in [-0.1, -0.05) is 13.8 Å². The molecule has 8 heteroatoms. The third-order valence-electron chi connectivity index (χ3n) is 3.18. The van der Waals surface area contributed by atoms with E-state index >= 15 is 0 Å². The molecule has 0 saturated carbocycles. The van der Waals surface area contributed by atoms with Crippen molar-refractivity contribution in [3.05, 3.63) is 20.8 Å². The summed E-state index contributed by atoms with van der Waals surface area (Å²) < 4.78 is 3.28. The van der Waals surface area contributed by atoms with Crippen molar-refractivity contribution in [1.29, 1.82) is 0 Å². The molecule has 0 aliphatic carbocycles. The Morgan fingerprint density at radius 3 is 2.62 bits per heavy atom.